The van der Waals surface area contributed by atoms with E-state index in [0.29, 0.717) is 38.9 Å². The Labute approximate surface area is 119 Å². The smallest absolute Gasteiger partial charge is 0.245 e. The molecule has 2 amide bonds. The van der Waals surface area contributed by atoms with Crippen LogP contribution in [0.1, 0.15) is 13.8 Å². The molecule has 7 heteroatoms. The van der Waals surface area contributed by atoms with Crippen molar-refractivity contribution in [1.29, 1.82) is 0 Å². The number of morpholine rings is 1. The Bertz CT molecular complexity index is 350. The fourth-order valence-corrected chi connectivity index (χ4v) is 2.40. The highest BCUT2D eigenvalue weighted by molar-refractivity contribution is 5.89. The minimum absolute atomic E-state index is 0.0428. The Morgan fingerprint density at radius 3 is 2.55 bits per heavy atom. The number of nitrogens with one attached hydrogen (secondary N) is 3. The molecule has 2 aliphatic heterocycles. The van der Waals surface area contributed by atoms with E-state index in [0.717, 1.165) is 6.54 Å². The molecule has 2 fully saturated rings. The van der Waals surface area contributed by atoms with Crippen LogP contribution in [0.5, 0.6) is 0 Å². The van der Waals surface area contributed by atoms with Crippen molar-refractivity contribution < 1.29 is 14.3 Å². The van der Waals surface area contributed by atoms with E-state index in [9.17, 15) is 9.59 Å². The molecule has 0 radical (unpaired) electrons. The lowest BCUT2D eigenvalue weighted by molar-refractivity contribution is -0.139. The van der Waals surface area contributed by atoms with Crippen LogP contribution in [-0.4, -0.2) is 74.2 Å². The molecule has 3 unspecified atom stereocenters. The molecule has 0 saturated carbocycles. The van der Waals surface area contributed by atoms with Gasteiger partial charge in [0, 0.05) is 32.2 Å². The lowest BCUT2D eigenvalue weighted by Gasteiger charge is -2.31. The minimum Gasteiger partial charge on any atom is -0.378 e. The van der Waals surface area contributed by atoms with Crippen LogP contribution in [0.3, 0.4) is 0 Å². The van der Waals surface area contributed by atoms with E-state index in [1.165, 1.54) is 0 Å². The van der Waals surface area contributed by atoms with E-state index < -0.39 is 6.04 Å². The summed E-state index contributed by atoms with van der Waals surface area (Å²) in [4.78, 5) is 26.0. The zero-order chi connectivity index (χ0) is 14.5. The van der Waals surface area contributed by atoms with Gasteiger partial charge in [-0.15, -0.1) is 0 Å². The van der Waals surface area contributed by atoms with Crippen LogP contribution in [0.4, 0.5) is 0 Å². The van der Waals surface area contributed by atoms with Gasteiger partial charge in [-0.1, -0.05) is 0 Å². The number of carbonyl (C=O) groups excluding carboxylic acids is 2. The number of hydrogen-bond donors (Lipinski definition) is 3. The third-order valence-corrected chi connectivity index (χ3v) is 3.71. The summed E-state index contributed by atoms with van der Waals surface area (Å²) in [5.41, 5.74) is 0. The highest BCUT2D eigenvalue weighted by Gasteiger charge is 2.28. The highest BCUT2D eigenvalue weighted by Crippen LogP contribution is 2.01. The molecule has 0 aliphatic carbocycles. The number of carbonyl (C=O) groups is 2. The van der Waals surface area contributed by atoms with Gasteiger partial charge in [0.05, 0.1) is 19.3 Å². The molecule has 114 valence electrons. The molecular weight excluding hydrogens is 260 g/mol. The molecule has 7 nitrogen and oxygen atoms in total. The van der Waals surface area contributed by atoms with Crippen molar-refractivity contribution in [3.05, 3.63) is 0 Å². The van der Waals surface area contributed by atoms with Crippen molar-refractivity contribution in [2.24, 2.45) is 0 Å². The molecule has 0 aromatic carbocycles. The van der Waals surface area contributed by atoms with Crippen molar-refractivity contribution in [2.45, 2.75) is 32.0 Å². The molecule has 3 atom stereocenters. The molecule has 2 aliphatic rings. The molecule has 3 N–H and O–H groups in total. The summed E-state index contributed by atoms with van der Waals surface area (Å²) < 4.78 is 5.22. The van der Waals surface area contributed by atoms with Crippen LogP contribution in [0, 0.1) is 0 Å². The average Bonchev–Trinajstić information content (AvgIpc) is 2.48. The summed E-state index contributed by atoms with van der Waals surface area (Å²) in [6.45, 7) is 7.46. The summed E-state index contributed by atoms with van der Waals surface area (Å²) in [5, 5.41) is 9.20. The number of piperazine rings is 1. The lowest BCUT2D eigenvalue weighted by atomic mass is 10.1. The van der Waals surface area contributed by atoms with Gasteiger partial charge in [-0.2, -0.15) is 0 Å². The van der Waals surface area contributed by atoms with Crippen molar-refractivity contribution >= 4 is 11.8 Å². The fourth-order valence-electron chi connectivity index (χ4n) is 2.40. The maximum Gasteiger partial charge on any atom is 0.245 e. The van der Waals surface area contributed by atoms with Crippen LogP contribution in [-0.2, 0) is 14.3 Å². The standard InChI is InChI=1S/C13H24N4O3/c1-9-7-15-11(8-14-9)12(18)16-10(2)13(19)17-3-5-20-6-4-17/h9-11,14-15H,3-8H2,1-2H3,(H,16,18). The third-order valence-electron chi connectivity index (χ3n) is 3.71. The molecule has 0 aromatic rings. The summed E-state index contributed by atoms with van der Waals surface area (Å²) in [5.74, 6) is -0.169. The first kappa shape index (κ1) is 15.2. The average molecular weight is 284 g/mol. The molecule has 2 heterocycles. The molecule has 0 spiro atoms. The topological polar surface area (TPSA) is 82.7 Å². The molecule has 0 bridgehead atoms. The Hall–Kier alpha value is -1.18. The van der Waals surface area contributed by atoms with E-state index in [2.05, 4.69) is 22.9 Å². The van der Waals surface area contributed by atoms with Crippen LogP contribution >= 0.6 is 0 Å². The summed E-state index contributed by atoms with van der Waals surface area (Å²) in [6.07, 6.45) is 0. The number of rotatable bonds is 3. The summed E-state index contributed by atoms with van der Waals surface area (Å²) in [6, 6.07) is -0.403. The third kappa shape index (κ3) is 3.91. The second-order valence-corrected chi connectivity index (χ2v) is 5.44. The lowest BCUT2D eigenvalue weighted by Crippen LogP contribution is -2.61. The zero-order valence-electron chi connectivity index (χ0n) is 12.1. The Morgan fingerprint density at radius 1 is 1.25 bits per heavy atom. The fraction of sp³-hybridized carbons (Fsp3) is 0.846. The molecule has 20 heavy (non-hydrogen) atoms. The number of amides is 2. The summed E-state index contributed by atoms with van der Waals surface area (Å²) in [7, 11) is 0. The van der Waals surface area contributed by atoms with E-state index in [1.54, 1.807) is 11.8 Å². The van der Waals surface area contributed by atoms with E-state index >= 15 is 0 Å². The quantitative estimate of drug-likeness (QED) is 0.575. The van der Waals surface area contributed by atoms with Gasteiger partial charge < -0.3 is 25.6 Å². The first-order chi connectivity index (χ1) is 9.58. The van der Waals surface area contributed by atoms with Gasteiger partial charge in [0.2, 0.25) is 11.8 Å². The van der Waals surface area contributed by atoms with Gasteiger partial charge in [0.15, 0.2) is 0 Å². The predicted molar refractivity (Wildman–Crippen MR) is 74.3 cm³/mol. The number of nitrogens with zero attached hydrogens (tertiary/aromatic N) is 1. The van der Waals surface area contributed by atoms with Gasteiger partial charge in [0.25, 0.3) is 0 Å². The molecule has 0 aromatic heterocycles. The Kier molecular flexibility index (Phi) is 5.33. The van der Waals surface area contributed by atoms with Crippen LogP contribution in [0.2, 0.25) is 0 Å². The second kappa shape index (κ2) is 7.01. The monoisotopic (exact) mass is 284 g/mol. The number of hydrogen-bond acceptors (Lipinski definition) is 5. The first-order valence-electron chi connectivity index (χ1n) is 7.21. The zero-order valence-corrected chi connectivity index (χ0v) is 12.1. The molecule has 2 rings (SSSR count). The Balaban J connectivity index is 1.79. The van der Waals surface area contributed by atoms with Gasteiger partial charge in [-0.3, -0.25) is 9.59 Å². The van der Waals surface area contributed by atoms with E-state index in [-0.39, 0.29) is 17.9 Å². The van der Waals surface area contributed by atoms with Gasteiger partial charge in [0.1, 0.15) is 6.04 Å². The minimum atomic E-state index is -0.498. The van der Waals surface area contributed by atoms with Crippen molar-refractivity contribution in [3.63, 3.8) is 0 Å². The first-order valence-corrected chi connectivity index (χ1v) is 7.21. The predicted octanol–water partition coefficient (Wildman–Crippen LogP) is -1.70. The van der Waals surface area contributed by atoms with E-state index in [4.69, 9.17) is 4.74 Å². The Morgan fingerprint density at radius 2 is 1.95 bits per heavy atom. The van der Waals surface area contributed by atoms with Crippen LogP contribution in [0.15, 0.2) is 0 Å². The SMILES string of the molecule is CC1CNC(C(=O)NC(C)C(=O)N2CCOCC2)CN1. The van der Waals surface area contributed by atoms with Crippen LogP contribution < -0.4 is 16.0 Å². The van der Waals surface area contributed by atoms with Crippen molar-refractivity contribution in [1.82, 2.24) is 20.9 Å². The van der Waals surface area contributed by atoms with Crippen molar-refractivity contribution in [3.8, 4) is 0 Å². The molecule has 2 saturated heterocycles. The largest absolute Gasteiger partial charge is 0.378 e. The van der Waals surface area contributed by atoms with Gasteiger partial charge in [-0.05, 0) is 13.8 Å². The normalized spacial score (nSPS) is 28.8. The second-order valence-electron chi connectivity index (χ2n) is 5.44. The highest BCUT2D eigenvalue weighted by atomic mass is 16.5. The summed E-state index contributed by atoms with van der Waals surface area (Å²) >= 11 is 0. The molecular formula is C13H24N4O3. The van der Waals surface area contributed by atoms with Gasteiger partial charge >= 0.3 is 0 Å². The number of ether oxygens (including phenoxy) is 1. The van der Waals surface area contributed by atoms with Gasteiger partial charge in [-0.25, -0.2) is 0 Å². The maximum absolute atomic E-state index is 12.2. The van der Waals surface area contributed by atoms with Crippen molar-refractivity contribution in [2.75, 3.05) is 39.4 Å². The van der Waals surface area contributed by atoms with Crippen LogP contribution in [0.25, 0.3) is 0 Å². The maximum atomic E-state index is 12.2. The van der Waals surface area contributed by atoms with E-state index in [1.807, 2.05) is 0 Å².